The van der Waals surface area contributed by atoms with E-state index in [4.69, 9.17) is 9.73 Å². The van der Waals surface area contributed by atoms with Crippen LogP contribution in [0.3, 0.4) is 0 Å². The Morgan fingerprint density at radius 3 is 2.05 bits per heavy atom. The van der Waals surface area contributed by atoms with Gasteiger partial charge in [0, 0.05) is 12.6 Å². The predicted molar refractivity (Wildman–Crippen MR) is 174 cm³/mol. The molecule has 228 valence electrons. The van der Waals surface area contributed by atoms with Crippen molar-refractivity contribution in [3.63, 3.8) is 0 Å². The number of carbonyl (C=O) groups excluding carboxylic acids is 1. The SMILES string of the molecule is CCCCC(CC)Cn1cc[n+](CC(CC)CCCC)c1/C(=N/c1ccc(Cc2ccc(NC(C)=O)cc2)cc1)OC. The van der Waals surface area contributed by atoms with Crippen molar-refractivity contribution in [2.45, 2.75) is 105 Å². The van der Waals surface area contributed by atoms with Gasteiger partial charge in [0.25, 0.3) is 0 Å². The van der Waals surface area contributed by atoms with Crippen LogP contribution in [-0.4, -0.2) is 23.5 Å². The second-order valence-corrected chi connectivity index (χ2v) is 11.6. The number of aliphatic imine (C=N–C) groups is 1. The fraction of sp³-hybridized carbons (Fsp3) is 0.528. The van der Waals surface area contributed by atoms with Crippen LogP contribution in [0.25, 0.3) is 0 Å². The number of amides is 1. The summed E-state index contributed by atoms with van der Waals surface area (Å²) >= 11 is 0. The zero-order valence-corrected chi connectivity index (χ0v) is 26.9. The first-order valence-corrected chi connectivity index (χ1v) is 16.1. The lowest BCUT2D eigenvalue weighted by molar-refractivity contribution is -0.704. The zero-order valence-electron chi connectivity index (χ0n) is 26.9. The minimum Gasteiger partial charge on any atom is -0.475 e. The number of benzene rings is 2. The molecule has 0 saturated carbocycles. The molecule has 0 spiro atoms. The van der Waals surface area contributed by atoms with E-state index in [9.17, 15) is 4.79 Å². The van der Waals surface area contributed by atoms with Crippen molar-refractivity contribution in [2.75, 3.05) is 12.4 Å². The smallest absolute Gasteiger partial charge is 0.345 e. The number of rotatable bonds is 17. The van der Waals surface area contributed by atoms with E-state index in [2.05, 4.69) is 90.9 Å². The summed E-state index contributed by atoms with van der Waals surface area (Å²) < 4.78 is 10.8. The largest absolute Gasteiger partial charge is 0.475 e. The van der Waals surface area contributed by atoms with E-state index >= 15 is 0 Å². The maximum Gasteiger partial charge on any atom is 0.345 e. The number of hydrogen-bond donors (Lipinski definition) is 1. The summed E-state index contributed by atoms with van der Waals surface area (Å²) in [5.74, 6) is 2.94. The average molecular weight is 574 g/mol. The quantitative estimate of drug-likeness (QED) is 0.1000. The Morgan fingerprint density at radius 1 is 0.905 bits per heavy atom. The first kappa shape index (κ1) is 33.1. The molecule has 0 radical (unpaired) electrons. The second-order valence-electron chi connectivity index (χ2n) is 11.6. The van der Waals surface area contributed by atoms with Crippen molar-refractivity contribution < 1.29 is 14.1 Å². The zero-order chi connectivity index (χ0) is 30.3. The molecule has 1 amide bonds. The minimum absolute atomic E-state index is 0.0598. The molecule has 2 unspecified atom stereocenters. The number of methoxy groups -OCH3 is 1. The molecule has 3 aromatic rings. The van der Waals surface area contributed by atoms with Crippen LogP contribution >= 0.6 is 0 Å². The lowest BCUT2D eigenvalue weighted by Crippen LogP contribution is -2.43. The Morgan fingerprint density at radius 2 is 1.50 bits per heavy atom. The highest BCUT2D eigenvalue weighted by molar-refractivity contribution is 5.91. The number of aromatic nitrogens is 2. The number of hydrogen-bond acceptors (Lipinski definition) is 3. The van der Waals surface area contributed by atoms with Gasteiger partial charge in [0.2, 0.25) is 5.91 Å². The molecule has 1 heterocycles. The van der Waals surface area contributed by atoms with Crippen molar-refractivity contribution in [1.82, 2.24) is 4.57 Å². The Balaban J connectivity index is 1.86. The van der Waals surface area contributed by atoms with Gasteiger partial charge in [-0.05, 0) is 79.3 Å². The molecule has 0 aliphatic carbocycles. The number of nitrogens with one attached hydrogen (secondary N) is 1. The number of carbonyl (C=O) groups is 1. The van der Waals surface area contributed by atoms with Crippen LogP contribution in [0, 0.1) is 11.8 Å². The molecule has 2 atom stereocenters. The van der Waals surface area contributed by atoms with Gasteiger partial charge < -0.3 is 10.1 Å². The molecule has 1 N–H and O–H groups in total. The predicted octanol–water partition coefficient (Wildman–Crippen LogP) is 8.48. The number of ether oxygens (including phenoxy) is 1. The monoisotopic (exact) mass is 573 g/mol. The molecule has 1 aromatic heterocycles. The molecule has 0 aliphatic heterocycles. The molecule has 0 saturated heterocycles. The van der Waals surface area contributed by atoms with E-state index < -0.39 is 0 Å². The van der Waals surface area contributed by atoms with Gasteiger partial charge in [-0.1, -0.05) is 77.6 Å². The van der Waals surface area contributed by atoms with E-state index in [1.54, 1.807) is 7.11 Å². The first-order chi connectivity index (χ1) is 20.4. The summed E-state index contributed by atoms with van der Waals surface area (Å²) in [6.07, 6.45) is 15.1. The van der Waals surface area contributed by atoms with Gasteiger partial charge in [-0.3, -0.25) is 4.79 Å². The van der Waals surface area contributed by atoms with E-state index in [1.165, 1.54) is 69.4 Å². The van der Waals surface area contributed by atoms with Gasteiger partial charge in [0.1, 0.15) is 12.4 Å². The molecule has 6 nitrogen and oxygen atoms in total. The van der Waals surface area contributed by atoms with Crippen LogP contribution in [0.2, 0.25) is 0 Å². The summed E-state index contributed by atoms with van der Waals surface area (Å²) in [6.45, 7) is 12.6. The number of nitrogens with zero attached hydrogens (tertiary/aromatic N) is 3. The molecular weight excluding hydrogens is 520 g/mol. The van der Waals surface area contributed by atoms with Crippen LogP contribution in [-0.2, 0) is 29.0 Å². The van der Waals surface area contributed by atoms with Crippen molar-refractivity contribution >= 4 is 23.2 Å². The van der Waals surface area contributed by atoms with Gasteiger partial charge in [0.05, 0.1) is 25.9 Å². The van der Waals surface area contributed by atoms with Gasteiger partial charge in [-0.2, -0.15) is 0 Å². The van der Waals surface area contributed by atoms with Crippen molar-refractivity contribution in [3.05, 3.63) is 77.9 Å². The summed E-state index contributed by atoms with van der Waals surface area (Å²) in [4.78, 5) is 16.3. The van der Waals surface area contributed by atoms with Crippen molar-refractivity contribution in [1.29, 1.82) is 0 Å². The average Bonchev–Trinajstić information content (AvgIpc) is 3.38. The fourth-order valence-electron chi connectivity index (χ4n) is 5.54. The third-order valence-electron chi connectivity index (χ3n) is 8.20. The normalized spacial score (nSPS) is 13.1. The van der Waals surface area contributed by atoms with E-state index in [1.807, 2.05) is 12.1 Å². The van der Waals surface area contributed by atoms with Gasteiger partial charge in [-0.25, -0.2) is 14.1 Å². The molecule has 0 aliphatic rings. The van der Waals surface area contributed by atoms with Crippen molar-refractivity contribution in [3.8, 4) is 0 Å². The molecule has 42 heavy (non-hydrogen) atoms. The summed E-state index contributed by atoms with van der Waals surface area (Å²) in [7, 11) is 1.74. The number of imidazole rings is 1. The third-order valence-corrected chi connectivity index (χ3v) is 8.20. The number of anilines is 1. The van der Waals surface area contributed by atoms with Crippen LogP contribution in [0.15, 0.2) is 65.9 Å². The maximum atomic E-state index is 11.3. The second kappa shape index (κ2) is 17.5. The third kappa shape index (κ3) is 10.1. The van der Waals surface area contributed by atoms with Crippen molar-refractivity contribution in [2.24, 2.45) is 16.8 Å². The molecule has 6 heteroatoms. The lowest BCUT2D eigenvalue weighted by atomic mass is 9.99. The summed E-state index contributed by atoms with van der Waals surface area (Å²) in [5.41, 5.74) is 4.10. The molecule has 0 fully saturated rings. The summed E-state index contributed by atoms with van der Waals surface area (Å²) in [6, 6.07) is 16.4. The van der Waals surface area contributed by atoms with E-state index in [0.29, 0.717) is 17.7 Å². The molecule has 0 bridgehead atoms. The standard InChI is InChI=1S/C36H52N4O2/c1-7-11-13-29(9-3)26-39-23-24-40(27-30(10-4)14-12-8-2)36(39)35(42-6)38-34-21-17-32(18-22-34)25-31-15-19-33(20-16-31)37-28(5)41/h15-24,29-30H,7-14,25-27H2,1-6H3/p+1/b38-35-. The minimum atomic E-state index is -0.0598. The van der Waals surface area contributed by atoms with Gasteiger partial charge in [-0.15, -0.1) is 0 Å². The Hall–Kier alpha value is -3.41. The first-order valence-electron chi connectivity index (χ1n) is 16.1. The van der Waals surface area contributed by atoms with Crippen LogP contribution < -0.4 is 9.88 Å². The van der Waals surface area contributed by atoms with E-state index in [-0.39, 0.29) is 5.91 Å². The Bertz CT molecular complexity index is 1210. The van der Waals surface area contributed by atoms with Crippen LogP contribution in [0.4, 0.5) is 11.4 Å². The van der Waals surface area contributed by atoms with Crippen LogP contribution in [0.1, 0.15) is 103 Å². The Kier molecular flexibility index (Phi) is 13.8. The fourth-order valence-corrected chi connectivity index (χ4v) is 5.54. The van der Waals surface area contributed by atoms with Gasteiger partial charge in [0.15, 0.2) is 0 Å². The van der Waals surface area contributed by atoms with Gasteiger partial charge >= 0.3 is 11.7 Å². The highest BCUT2D eigenvalue weighted by Crippen LogP contribution is 2.21. The molecular formula is C36H53N4O2+. The maximum absolute atomic E-state index is 11.3. The summed E-state index contributed by atoms with van der Waals surface area (Å²) in [5, 5.41) is 2.82. The lowest BCUT2D eigenvalue weighted by Gasteiger charge is -2.16. The highest BCUT2D eigenvalue weighted by Gasteiger charge is 2.28. The number of unbranched alkanes of at least 4 members (excludes halogenated alkanes) is 2. The van der Waals surface area contributed by atoms with E-state index in [0.717, 1.165) is 36.7 Å². The highest BCUT2D eigenvalue weighted by atomic mass is 16.5. The molecule has 3 rings (SSSR count). The topological polar surface area (TPSA) is 59.5 Å². The molecule has 2 aromatic carbocycles. The van der Waals surface area contributed by atoms with Crippen LogP contribution in [0.5, 0.6) is 0 Å². The Labute approximate surface area is 254 Å².